The minimum atomic E-state index is 0.436. The summed E-state index contributed by atoms with van der Waals surface area (Å²) in [6.45, 7) is 4.28. The standard InChI is InChI=1S/C13H18N2/c1-9(2)15-12-8-4-6-10-5-3-7-11(14)13(10)12/h4,6-9,15H,3,5,14H2,1-2H3. The molecule has 1 aliphatic rings. The zero-order valence-corrected chi connectivity index (χ0v) is 9.38. The van der Waals surface area contributed by atoms with Gasteiger partial charge < -0.3 is 11.1 Å². The molecule has 2 rings (SSSR count). The molecule has 0 unspecified atom stereocenters. The molecule has 1 aromatic rings. The van der Waals surface area contributed by atoms with Gasteiger partial charge in [0.05, 0.1) is 0 Å². The van der Waals surface area contributed by atoms with Crippen LogP contribution in [0.25, 0.3) is 5.70 Å². The maximum absolute atomic E-state index is 6.04. The van der Waals surface area contributed by atoms with Crippen molar-refractivity contribution < 1.29 is 0 Å². The molecule has 1 aliphatic carbocycles. The molecule has 0 spiro atoms. The largest absolute Gasteiger partial charge is 0.398 e. The first-order valence-electron chi connectivity index (χ1n) is 5.53. The van der Waals surface area contributed by atoms with Crippen molar-refractivity contribution in [2.75, 3.05) is 5.32 Å². The molecule has 2 nitrogen and oxygen atoms in total. The van der Waals surface area contributed by atoms with Crippen molar-refractivity contribution in [1.82, 2.24) is 0 Å². The molecule has 0 bridgehead atoms. The van der Waals surface area contributed by atoms with Crippen molar-refractivity contribution in [3.63, 3.8) is 0 Å². The summed E-state index contributed by atoms with van der Waals surface area (Å²) in [6, 6.07) is 6.81. The van der Waals surface area contributed by atoms with Crippen LogP contribution in [0.5, 0.6) is 0 Å². The van der Waals surface area contributed by atoms with Crippen molar-refractivity contribution in [3.8, 4) is 0 Å². The Kier molecular flexibility index (Phi) is 2.67. The molecular weight excluding hydrogens is 184 g/mol. The van der Waals surface area contributed by atoms with E-state index >= 15 is 0 Å². The van der Waals surface area contributed by atoms with E-state index < -0.39 is 0 Å². The minimum absolute atomic E-state index is 0.436. The predicted molar refractivity (Wildman–Crippen MR) is 65.7 cm³/mol. The summed E-state index contributed by atoms with van der Waals surface area (Å²) in [5, 5.41) is 3.44. The molecule has 0 atom stereocenters. The van der Waals surface area contributed by atoms with Gasteiger partial charge in [0.2, 0.25) is 0 Å². The van der Waals surface area contributed by atoms with Crippen LogP contribution >= 0.6 is 0 Å². The fourth-order valence-electron chi connectivity index (χ4n) is 2.07. The lowest BCUT2D eigenvalue weighted by Crippen LogP contribution is -2.15. The third-order valence-electron chi connectivity index (χ3n) is 2.66. The summed E-state index contributed by atoms with van der Waals surface area (Å²) in [6.07, 6.45) is 4.28. The average Bonchev–Trinajstić information content (AvgIpc) is 2.17. The number of aryl methyl sites for hydroxylation is 1. The number of nitrogens with one attached hydrogen (secondary N) is 1. The van der Waals surface area contributed by atoms with E-state index in [0.29, 0.717) is 6.04 Å². The van der Waals surface area contributed by atoms with E-state index in [0.717, 1.165) is 24.2 Å². The van der Waals surface area contributed by atoms with Gasteiger partial charge in [-0.2, -0.15) is 0 Å². The minimum Gasteiger partial charge on any atom is -0.398 e. The lowest BCUT2D eigenvalue weighted by molar-refractivity contribution is 0.893. The van der Waals surface area contributed by atoms with Gasteiger partial charge in [-0.15, -0.1) is 0 Å². The molecule has 0 radical (unpaired) electrons. The van der Waals surface area contributed by atoms with Crippen LogP contribution in [0.4, 0.5) is 5.69 Å². The Morgan fingerprint density at radius 1 is 1.33 bits per heavy atom. The van der Waals surface area contributed by atoms with Crippen LogP contribution in [0.3, 0.4) is 0 Å². The van der Waals surface area contributed by atoms with Crippen LogP contribution in [0.15, 0.2) is 24.3 Å². The van der Waals surface area contributed by atoms with Gasteiger partial charge >= 0.3 is 0 Å². The molecule has 0 heterocycles. The van der Waals surface area contributed by atoms with E-state index in [1.54, 1.807) is 0 Å². The molecule has 1 aromatic carbocycles. The topological polar surface area (TPSA) is 38.0 Å². The second-order valence-corrected chi connectivity index (χ2v) is 4.34. The average molecular weight is 202 g/mol. The highest BCUT2D eigenvalue weighted by atomic mass is 14.9. The number of anilines is 1. The summed E-state index contributed by atoms with van der Waals surface area (Å²) in [5.41, 5.74) is 10.7. The normalized spacial score (nSPS) is 14.7. The van der Waals surface area contributed by atoms with Gasteiger partial charge in [0.15, 0.2) is 0 Å². The Morgan fingerprint density at radius 3 is 2.87 bits per heavy atom. The molecule has 0 aromatic heterocycles. The number of hydrogen-bond acceptors (Lipinski definition) is 2. The Bertz CT molecular complexity index is 392. The highest BCUT2D eigenvalue weighted by Crippen LogP contribution is 2.30. The van der Waals surface area contributed by atoms with Gasteiger partial charge in [-0.05, 0) is 38.3 Å². The highest BCUT2D eigenvalue weighted by Gasteiger charge is 2.14. The van der Waals surface area contributed by atoms with Crippen LogP contribution in [-0.2, 0) is 6.42 Å². The Morgan fingerprint density at radius 2 is 2.13 bits per heavy atom. The summed E-state index contributed by atoms with van der Waals surface area (Å²) in [4.78, 5) is 0. The molecule has 0 saturated heterocycles. The van der Waals surface area contributed by atoms with Gasteiger partial charge in [0.25, 0.3) is 0 Å². The monoisotopic (exact) mass is 202 g/mol. The first-order chi connectivity index (χ1) is 7.18. The number of nitrogens with two attached hydrogens (primary N) is 1. The number of allylic oxidation sites excluding steroid dienone is 1. The third kappa shape index (κ3) is 1.99. The maximum Gasteiger partial charge on any atom is 0.0439 e. The van der Waals surface area contributed by atoms with Crippen molar-refractivity contribution in [2.45, 2.75) is 32.7 Å². The fraction of sp³-hybridized carbons (Fsp3) is 0.385. The zero-order valence-electron chi connectivity index (χ0n) is 9.38. The number of benzene rings is 1. The number of rotatable bonds is 2. The lowest BCUT2D eigenvalue weighted by Gasteiger charge is -2.21. The Labute approximate surface area is 91.2 Å². The second kappa shape index (κ2) is 3.97. The lowest BCUT2D eigenvalue weighted by atomic mass is 9.93. The van der Waals surface area contributed by atoms with E-state index in [4.69, 9.17) is 5.73 Å². The summed E-state index contributed by atoms with van der Waals surface area (Å²) >= 11 is 0. The summed E-state index contributed by atoms with van der Waals surface area (Å²) in [7, 11) is 0. The molecule has 3 N–H and O–H groups in total. The van der Waals surface area contributed by atoms with Crippen LogP contribution in [0, 0.1) is 0 Å². The quantitative estimate of drug-likeness (QED) is 0.774. The summed E-state index contributed by atoms with van der Waals surface area (Å²) in [5.74, 6) is 0. The molecular formula is C13H18N2. The van der Waals surface area contributed by atoms with Crippen LogP contribution < -0.4 is 11.1 Å². The Hall–Kier alpha value is -1.44. The first kappa shape index (κ1) is 10.1. The first-order valence-corrected chi connectivity index (χ1v) is 5.53. The SMILES string of the molecule is CC(C)Nc1cccc2c1C(N)=CCC2. The molecule has 0 fully saturated rings. The number of fused-ring (bicyclic) bond motifs is 1. The van der Waals surface area contributed by atoms with Crippen molar-refractivity contribution >= 4 is 11.4 Å². The smallest absolute Gasteiger partial charge is 0.0439 e. The van der Waals surface area contributed by atoms with Crippen molar-refractivity contribution in [2.24, 2.45) is 5.73 Å². The Balaban J connectivity index is 2.45. The van der Waals surface area contributed by atoms with Gasteiger partial charge in [-0.1, -0.05) is 18.2 Å². The zero-order chi connectivity index (χ0) is 10.8. The van der Waals surface area contributed by atoms with Crippen molar-refractivity contribution in [1.29, 1.82) is 0 Å². The highest BCUT2D eigenvalue weighted by molar-refractivity contribution is 5.78. The molecule has 2 heteroatoms. The summed E-state index contributed by atoms with van der Waals surface area (Å²) < 4.78 is 0. The molecule has 0 saturated carbocycles. The maximum atomic E-state index is 6.04. The predicted octanol–water partition coefficient (Wildman–Crippen LogP) is 2.75. The number of hydrogen-bond donors (Lipinski definition) is 2. The van der Waals surface area contributed by atoms with E-state index in [2.05, 4.69) is 43.4 Å². The van der Waals surface area contributed by atoms with E-state index in [-0.39, 0.29) is 0 Å². The fourth-order valence-corrected chi connectivity index (χ4v) is 2.07. The van der Waals surface area contributed by atoms with Gasteiger partial charge in [0.1, 0.15) is 0 Å². The second-order valence-electron chi connectivity index (χ2n) is 4.34. The molecule has 15 heavy (non-hydrogen) atoms. The molecule has 80 valence electrons. The van der Waals surface area contributed by atoms with Crippen LogP contribution in [0.2, 0.25) is 0 Å². The van der Waals surface area contributed by atoms with Gasteiger partial charge in [-0.3, -0.25) is 0 Å². The van der Waals surface area contributed by atoms with Crippen LogP contribution in [-0.4, -0.2) is 6.04 Å². The van der Waals surface area contributed by atoms with E-state index in [9.17, 15) is 0 Å². The van der Waals surface area contributed by atoms with E-state index in [1.165, 1.54) is 11.1 Å². The van der Waals surface area contributed by atoms with Crippen LogP contribution in [0.1, 0.15) is 31.4 Å². The molecule has 0 amide bonds. The van der Waals surface area contributed by atoms with Gasteiger partial charge in [-0.25, -0.2) is 0 Å². The van der Waals surface area contributed by atoms with Gasteiger partial charge in [0, 0.05) is 23.0 Å². The van der Waals surface area contributed by atoms with E-state index in [1.807, 2.05) is 0 Å². The molecule has 0 aliphatic heterocycles. The van der Waals surface area contributed by atoms with Crippen molar-refractivity contribution in [3.05, 3.63) is 35.4 Å². The third-order valence-corrected chi connectivity index (χ3v) is 2.66.